The van der Waals surface area contributed by atoms with Gasteiger partial charge in [-0.2, -0.15) is 5.10 Å². The quantitative estimate of drug-likeness (QED) is 0.747. The number of rotatable bonds is 4. The molecule has 1 saturated heterocycles. The van der Waals surface area contributed by atoms with Crippen molar-refractivity contribution >= 4 is 16.5 Å². The zero-order valence-corrected chi connectivity index (χ0v) is 15.5. The van der Waals surface area contributed by atoms with E-state index in [0.717, 1.165) is 29.2 Å². The van der Waals surface area contributed by atoms with E-state index in [0.29, 0.717) is 13.2 Å². The summed E-state index contributed by atoms with van der Waals surface area (Å²) in [6.07, 6.45) is 6.82. The Bertz CT molecular complexity index is 995. The number of nitrogens with zero attached hydrogens (tertiary/aromatic N) is 4. The number of hydrogen-bond acceptors (Lipinski definition) is 7. The van der Waals surface area contributed by atoms with Gasteiger partial charge < -0.3 is 10.1 Å². The van der Waals surface area contributed by atoms with Crippen molar-refractivity contribution in [2.24, 2.45) is 0 Å². The van der Waals surface area contributed by atoms with E-state index in [4.69, 9.17) is 9.72 Å². The Morgan fingerprint density at radius 1 is 1.15 bits per heavy atom. The second kappa shape index (κ2) is 6.86. The minimum absolute atomic E-state index is 0.0332. The lowest BCUT2D eigenvalue weighted by molar-refractivity contribution is 0.183. The SMILES string of the molecule is O=c1ccc(-c2ccncc2)nn1C1COCC1Nc1nc2c(s1)CCC2. The Hall–Kier alpha value is -2.58. The Morgan fingerprint density at radius 2 is 2.04 bits per heavy atom. The van der Waals surface area contributed by atoms with Crippen LogP contribution in [0.25, 0.3) is 11.3 Å². The van der Waals surface area contributed by atoms with Crippen LogP contribution < -0.4 is 10.9 Å². The summed E-state index contributed by atoms with van der Waals surface area (Å²) >= 11 is 1.72. The van der Waals surface area contributed by atoms with Crippen LogP contribution in [-0.2, 0) is 17.6 Å². The first-order valence-corrected chi connectivity index (χ1v) is 9.93. The third-order valence-electron chi connectivity index (χ3n) is 5.07. The van der Waals surface area contributed by atoms with Crippen molar-refractivity contribution in [3.05, 3.63) is 57.6 Å². The molecule has 0 amide bonds. The molecule has 0 aromatic carbocycles. The number of anilines is 1. The van der Waals surface area contributed by atoms with Gasteiger partial charge in [-0.3, -0.25) is 9.78 Å². The van der Waals surface area contributed by atoms with E-state index in [9.17, 15) is 4.79 Å². The summed E-state index contributed by atoms with van der Waals surface area (Å²) in [5.41, 5.74) is 2.76. The second-order valence-corrected chi connectivity index (χ2v) is 7.92. The van der Waals surface area contributed by atoms with Crippen molar-refractivity contribution in [3.8, 4) is 11.3 Å². The fourth-order valence-electron chi connectivity index (χ4n) is 3.67. The minimum atomic E-state index is -0.168. The molecular weight excluding hydrogens is 362 g/mol. The van der Waals surface area contributed by atoms with Crippen molar-refractivity contribution in [1.29, 1.82) is 0 Å². The second-order valence-electron chi connectivity index (χ2n) is 6.84. The Balaban J connectivity index is 1.43. The van der Waals surface area contributed by atoms with E-state index in [2.05, 4.69) is 15.4 Å². The summed E-state index contributed by atoms with van der Waals surface area (Å²) in [5, 5.41) is 9.00. The number of fused-ring (bicyclic) bond motifs is 1. The van der Waals surface area contributed by atoms with Gasteiger partial charge in [-0.05, 0) is 37.5 Å². The normalized spacial score (nSPS) is 21.3. The third-order valence-corrected chi connectivity index (χ3v) is 6.16. The maximum absolute atomic E-state index is 12.5. The summed E-state index contributed by atoms with van der Waals surface area (Å²) < 4.78 is 7.22. The summed E-state index contributed by atoms with van der Waals surface area (Å²) in [6.45, 7) is 0.984. The molecule has 0 bridgehead atoms. The Labute approximate surface area is 160 Å². The molecule has 2 atom stereocenters. The fraction of sp³-hybridized carbons (Fsp3) is 0.368. The standard InChI is InChI=1S/C19H19N5O2S/c25-18-5-4-13(12-6-8-20-9-7-12)23-24(18)16-11-26-10-15(16)22-19-21-14-2-1-3-17(14)27-19/h4-9,15-16H,1-3,10-11H2,(H,21,22). The van der Waals surface area contributed by atoms with Crippen LogP contribution >= 0.6 is 11.3 Å². The number of ether oxygens (including phenoxy) is 1. The molecule has 7 nitrogen and oxygen atoms in total. The number of hydrogen-bond donors (Lipinski definition) is 1. The molecule has 1 fully saturated rings. The lowest BCUT2D eigenvalue weighted by Gasteiger charge is -2.20. The van der Waals surface area contributed by atoms with Crippen LogP contribution in [-0.4, -0.2) is 39.0 Å². The molecule has 0 spiro atoms. The van der Waals surface area contributed by atoms with Gasteiger partial charge in [0.2, 0.25) is 0 Å². The van der Waals surface area contributed by atoms with E-state index in [1.807, 2.05) is 12.1 Å². The lowest BCUT2D eigenvalue weighted by atomic mass is 10.1. The Kier molecular flexibility index (Phi) is 4.21. The van der Waals surface area contributed by atoms with Gasteiger partial charge in [0.05, 0.1) is 30.6 Å². The number of thiazole rings is 1. The molecule has 3 aromatic rings. The molecule has 1 aliphatic heterocycles. The first-order valence-electron chi connectivity index (χ1n) is 9.11. The van der Waals surface area contributed by atoms with Crippen molar-refractivity contribution < 1.29 is 4.74 Å². The van der Waals surface area contributed by atoms with Gasteiger partial charge in [0.15, 0.2) is 5.13 Å². The number of nitrogens with one attached hydrogen (secondary N) is 1. The van der Waals surface area contributed by atoms with E-state index in [1.165, 1.54) is 17.0 Å². The average Bonchev–Trinajstić information content (AvgIpc) is 3.40. The highest BCUT2D eigenvalue weighted by Gasteiger charge is 2.32. The van der Waals surface area contributed by atoms with E-state index < -0.39 is 0 Å². The van der Waals surface area contributed by atoms with Crippen molar-refractivity contribution in [2.45, 2.75) is 31.3 Å². The van der Waals surface area contributed by atoms with Crippen molar-refractivity contribution in [3.63, 3.8) is 0 Å². The lowest BCUT2D eigenvalue weighted by Crippen LogP contribution is -2.37. The molecule has 2 aliphatic rings. The summed E-state index contributed by atoms with van der Waals surface area (Å²) in [6, 6.07) is 6.88. The van der Waals surface area contributed by atoms with E-state index >= 15 is 0 Å². The first-order chi connectivity index (χ1) is 13.3. The van der Waals surface area contributed by atoms with Crippen LogP contribution in [0.2, 0.25) is 0 Å². The van der Waals surface area contributed by atoms with Gasteiger partial charge in [-0.1, -0.05) is 0 Å². The van der Waals surface area contributed by atoms with Gasteiger partial charge in [-0.25, -0.2) is 9.67 Å². The predicted molar refractivity (Wildman–Crippen MR) is 103 cm³/mol. The molecule has 1 N–H and O–H groups in total. The van der Waals surface area contributed by atoms with Crippen LogP contribution in [0, 0.1) is 0 Å². The van der Waals surface area contributed by atoms with Crippen LogP contribution in [0.3, 0.4) is 0 Å². The number of aromatic nitrogens is 4. The molecule has 0 radical (unpaired) electrons. The smallest absolute Gasteiger partial charge is 0.267 e. The van der Waals surface area contributed by atoms with E-state index in [-0.39, 0.29) is 17.6 Å². The molecule has 138 valence electrons. The van der Waals surface area contributed by atoms with Crippen LogP contribution in [0.1, 0.15) is 23.0 Å². The number of aryl methyl sites for hydroxylation is 2. The molecule has 2 unspecified atom stereocenters. The molecule has 27 heavy (non-hydrogen) atoms. The van der Waals surface area contributed by atoms with Crippen LogP contribution in [0.4, 0.5) is 5.13 Å². The highest BCUT2D eigenvalue weighted by atomic mass is 32.1. The minimum Gasteiger partial charge on any atom is -0.377 e. The van der Waals surface area contributed by atoms with E-state index in [1.54, 1.807) is 40.5 Å². The zero-order valence-electron chi connectivity index (χ0n) is 14.7. The highest BCUT2D eigenvalue weighted by Crippen LogP contribution is 2.32. The van der Waals surface area contributed by atoms with Crippen LogP contribution in [0.15, 0.2) is 41.5 Å². The maximum atomic E-state index is 12.5. The topological polar surface area (TPSA) is 81.9 Å². The molecule has 8 heteroatoms. The molecule has 3 aromatic heterocycles. The largest absolute Gasteiger partial charge is 0.377 e. The molecule has 0 saturated carbocycles. The maximum Gasteiger partial charge on any atom is 0.267 e. The van der Waals surface area contributed by atoms with Gasteiger partial charge in [0, 0.05) is 28.9 Å². The first kappa shape index (κ1) is 16.6. The van der Waals surface area contributed by atoms with Gasteiger partial charge in [0.1, 0.15) is 6.04 Å². The summed E-state index contributed by atoms with van der Waals surface area (Å²) in [4.78, 5) is 22.6. The summed E-state index contributed by atoms with van der Waals surface area (Å²) in [7, 11) is 0. The average molecular weight is 381 g/mol. The monoisotopic (exact) mass is 381 g/mol. The van der Waals surface area contributed by atoms with Gasteiger partial charge in [-0.15, -0.1) is 11.3 Å². The van der Waals surface area contributed by atoms with Gasteiger partial charge >= 0.3 is 0 Å². The van der Waals surface area contributed by atoms with Crippen molar-refractivity contribution in [1.82, 2.24) is 19.7 Å². The van der Waals surface area contributed by atoms with Gasteiger partial charge in [0.25, 0.3) is 5.56 Å². The Morgan fingerprint density at radius 3 is 2.89 bits per heavy atom. The van der Waals surface area contributed by atoms with Crippen LogP contribution in [0.5, 0.6) is 0 Å². The molecule has 4 heterocycles. The van der Waals surface area contributed by atoms with Crippen molar-refractivity contribution in [2.75, 3.05) is 18.5 Å². The molecular formula is C19H19N5O2S. The third kappa shape index (κ3) is 3.15. The predicted octanol–water partition coefficient (Wildman–Crippen LogP) is 2.30. The zero-order chi connectivity index (χ0) is 18.2. The molecule has 5 rings (SSSR count). The number of pyridine rings is 1. The fourth-order valence-corrected chi connectivity index (χ4v) is 4.78. The highest BCUT2D eigenvalue weighted by molar-refractivity contribution is 7.15. The summed E-state index contributed by atoms with van der Waals surface area (Å²) in [5.74, 6) is 0. The molecule has 1 aliphatic carbocycles.